The number of carbonyl (C=O) groups excluding carboxylic acids is 1. The molecule has 0 aromatic heterocycles. The van der Waals surface area contributed by atoms with Crippen molar-refractivity contribution in [2.45, 2.75) is 13.3 Å². The van der Waals surface area contributed by atoms with Gasteiger partial charge in [0.25, 0.3) is 0 Å². The van der Waals surface area contributed by atoms with Gasteiger partial charge in [-0.3, -0.25) is 4.79 Å². The molecule has 11 heavy (non-hydrogen) atoms. The molecule has 0 atom stereocenters. The average molecular weight is 162 g/mol. The molecule has 0 saturated carbocycles. The van der Waals surface area contributed by atoms with E-state index in [1.165, 1.54) is 6.92 Å². The Kier molecular flexibility index (Phi) is 4.89. The zero-order chi connectivity index (χ0) is 8.69. The van der Waals surface area contributed by atoms with Crippen LogP contribution in [0.2, 0.25) is 0 Å². The third-order valence-corrected chi connectivity index (χ3v) is 0.820. The highest BCUT2D eigenvalue weighted by atomic mass is 16.7. The number of esters is 1. The third-order valence-electron chi connectivity index (χ3n) is 0.820. The van der Waals surface area contributed by atoms with Crippen molar-refractivity contribution in [2.24, 2.45) is 0 Å². The van der Waals surface area contributed by atoms with E-state index >= 15 is 0 Å². The SMILES string of the molecule is CC(=O)OCCCOC(=O)O. The molecule has 0 fully saturated rings. The Balaban J connectivity index is 3.03. The van der Waals surface area contributed by atoms with Crippen LogP contribution in [0.3, 0.4) is 0 Å². The van der Waals surface area contributed by atoms with E-state index in [-0.39, 0.29) is 19.2 Å². The van der Waals surface area contributed by atoms with E-state index in [0.29, 0.717) is 6.42 Å². The van der Waals surface area contributed by atoms with Gasteiger partial charge in [0.15, 0.2) is 0 Å². The largest absolute Gasteiger partial charge is 0.505 e. The molecule has 0 saturated heterocycles. The summed E-state index contributed by atoms with van der Waals surface area (Å²) in [5, 5.41) is 7.99. The molecule has 0 unspecified atom stereocenters. The van der Waals surface area contributed by atoms with Gasteiger partial charge in [0.1, 0.15) is 0 Å². The fraction of sp³-hybridized carbons (Fsp3) is 0.667. The molecule has 5 nitrogen and oxygen atoms in total. The van der Waals surface area contributed by atoms with Gasteiger partial charge in [-0.15, -0.1) is 0 Å². The fourth-order valence-electron chi connectivity index (χ4n) is 0.434. The van der Waals surface area contributed by atoms with Crippen LogP contribution in [0, 0.1) is 0 Å². The second-order valence-electron chi connectivity index (χ2n) is 1.81. The number of carbonyl (C=O) groups is 2. The molecule has 0 radical (unpaired) electrons. The maximum atomic E-state index is 10.2. The van der Waals surface area contributed by atoms with Gasteiger partial charge in [-0.2, -0.15) is 0 Å². The predicted molar refractivity (Wildman–Crippen MR) is 35.2 cm³/mol. The van der Waals surface area contributed by atoms with Crippen LogP contribution in [0.4, 0.5) is 4.79 Å². The molecule has 0 amide bonds. The molecule has 0 heterocycles. The van der Waals surface area contributed by atoms with Gasteiger partial charge in [0.05, 0.1) is 13.2 Å². The first-order valence-corrected chi connectivity index (χ1v) is 3.12. The number of hydrogen-bond donors (Lipinski definition) is 1. The molecular formula is C6H10O5. The molecule has 64 valence electrons. The number of ether oxygens (including phenoxy) is 2. The molecule has 0 spiro atoms. The minimum atomic E-state index is -1.31. The first kappa shape index (κ1) is 9.74. The van der Waals surface area contributed by atoms with Crippen molar-refractivity contribution in [3.8, 4) is 0 Å². The summed E-state index contributed by atoms with van der Waals surface area (Å²) >= 11 is 0. The lowest BCUT2D eigenvalue weighted by Gasteiger charge is -2.00. The Labute approximate surface area is 63.9 Å². The highest BCUT2D eigenvalue weighted by molar-refractivity contribution is 5.65. The van der Waals surface area contributed by atoms with E-state index in [1.807, 2.05) is 0 Å². The first-order valence-electron chi connectivity index (χ1n) is 3.12. The van der Waals surface area contributed by atoms with Crippen molar-refractivity contribution in [3.05, 3.63) is 0 Å². The zero-order valence-electron chi connectivity index (χ0n) is 6.20. The summed E-state index contributed by atoms with van der Waals surface area (Å²) < 4.78 is 8.66. The Morgan fingerprint density at radius 2 is 1.82 bits per heavy atom. The van der Waals surface area contributed by atoms with E-state index in [2.05, 4.69) is 9.47 Å². The van der Waals surface area contributed by atoms with Crippen LogP contribution < -0.4 is 0 Å². The second kappa shape index (κ2) is 5.52. The smallest absolute Gasteiger partial charge is 0.466 e. The molecule has 0 rings (SSSR count). The molecular weight excluding hydrogens is 152 g/mol. The van der Waals surface area contributed by atoms with Crippen LogP contribution >= 0.6 is 0 Å². The summed E-state index contributed by atoms with van der Waals surface area (Å²) in [6.45, 7) is 1.54. The highest BCUT2D eigenvalue weighted by Gasteiger charge is 1.96. The topological polar surface area (TPSA) is 72.8 Å². The first-order chi connectivity index (χ1) is 5.13. The van der Waals surface area contributed by atoms with Gasteiger partial charge in [-0.25, -0.2) is 4.79 Å². The van der Waals surface area contributed by atoms with Gasteiger partial charge in [-0.1, -0.05) is 0 Å². The average Bonchev–Trinajstić information content (AvgIpc) is 1.85. The van der Waals surface area contributed by atoms with Crippen molar-refractivity contribution in [1.82, 2.24) is 0 Å². The van der Waals surface area contributed by atoms with Crippen molar-refractivity contribution in [3.63, 3.8) is 0 Å². The summed E-state index contributed by atoms with van der Waals surface area (Å²) in [5.41, 5.74) is 0. The minimum Gasteiger partial charge on any atom is -0.466 e. The van der Waals surface area contributed by atoms with Crippen LogP contribution in [-0.4, -0.2) is 30.4 Å². The van der Waals surface area contributed by atoms with Crippen molar-refractivity contribution < 1.29 is 24.2 Å². The molecule has 0 aliphatic carbocycles. The van der Waals surface area contributed by atoms with Crippen molar-refractivity contribution >= 4 is 12.1 Å². The summed E-state index contributed by atoms with van der Waals surface area (Å²) in [6.07, 6.45) is -0.917. The van der Waals surface area contributed by atoms with Crippen LogP contribution in [0.25, 0.3) is 0 Å². The zero-order valence-corrected chi connectivity index (χ0v) is 6.20. The Hall–Kier alpha value is -1.26. The van der Waals surface area contributed by atoms with Crippen LogP contribution in [0.5, 0.6) is 0 Å². The third kappa shape index (κ3) is 8.74. The lowest BCUT2D eigenvalue weighted by atomic mass is 10.5. The maximum absolute atomic E-state index is 10.2. The lowest BCUT2D eigenvalue weighted by Crippen LogP contribution is -2.06. The molecule has 0 aliphatic rings. The van der Waals surface area contributed by atoms with Gasteiger partial charge in [0, 0.05) is 13.3 Å². The van der Waals surface area contributed by atoms with E-state index in [0.717, 1.165) is 0 Å². The summed E-state index contributed by atoms with van der Waals surface area (Å²) in [4.78, 5) is 19.9. The summed E-state index contributed by atoms with van der Waals surface area (Å²) in [6, 6.07) is 0. The van der Waals surface area contributed by atoms with Gasteiger partial charge in [-0.05, 0) is 0 Å². The molecule has 0 aliphatic heterocycles. The molecule has 0 bridgehead atoms. The molecule has 1 N–H and O–H groups in total. The second-order valence-corrected chi connectivity index (χ2v) is 1.81. The van der Waals surface area contributed by atoms with Gasteiger partial charge in [0.2, 0.25) is 0 Å². The van der Waals surface area contributed by atoms with E-state index in [4.69, 9.17) is 5.11 Å². The number of rotatable bonds is 4. The number of carboxylic acid groups (broad SMARTS) is 1. The van der Waals surface area contributed by atoms with Gasteiger partial charge >= 0.3 is 12.1 Å². The Bertz CT molecular complexity index is 126. The normalized spacial score (nSPS) is 8.82. The molecule has 5 heteroatoms. The molecule has 0 aromatic rings. The number of hydrogen-bond acceptors (Lipinski definition) is 4. The summed E-state index contributed by atoms with van der Waals surface area (Å²) in [5.74, 6) is -0.375. The van der Waals surface area contributed by atoms with E-state index in [9.17, 15) is 9.59 Å². The van der Waals surface area contributed by atoms with E-state index < -0.39 is 6.16 Å². The lowest BCUT2D eigenvalue weighted by molar-refractivity contribution is -0.141. The predicted octanol–water partition coefficient (Wildman–Crippen LogP) is 0.634. The van der Waals surface area contributed by atoms with Crippen LogP contribution in [-0.2, 0) is 14.3 Å². The monoisotopic (exact) mass is 162 g/mol. The Morgan fingerprint density at radius 3 is 2.27 bits per heavy atom. The maximum Gasteiger partial charge on any atom is 0.505 e. The fourth-order valence-corrected chi connectivity index (χ4v) is 0.434. The quantitative estimate of drug-likeness (QED) is 0.485. The van der Waals surface area contributed by atoms with Gasteiger partial charge < -0.3 is 14.6 Å². The van der Waals surface area contributed by atoms with E-state index in [1.54, 1.807) is 0 Å². The molecule has 0 aromatic carbocycles. The Morgan fingerprint density at radius 1 is 1.27 bits per heavy atom. The summed E-state index contributed by atoms with van der Waals surface area (Å²) in [7, 11) is 0. The van der Waals surface area contributed by atoms with Crippen LogP contribution in [0.1, 0.15) is 13.3 Å². The minimum absolute atomic E-state index is 0.0581. The highest BCUT2D eigenvalue weighted by Crippen LogP contribution is 1.85. The van der Waals surface area contributed by atoms with Crippen LogP contribution in [0.15, 0.2) is 0 Å². The van der Waals surface area contributed by atoms with Crippen molar-refractivity contribution in [1.29, 1.82) is 0 Å². The van der Waals surface area contributed by atoms with Crippen molar-refractivity contribution in [2.75, 3.05) is 13.2 Å². The standard InChI is InChI=1S/C6H10O5/c1-5(7)10-3-2-4-11-6(8)9/h2-4H2,1H3,(H,8,9).